The molecular weight excluding hydrogens is 470 g/mol. The molecule has 1 aliphatic rings. The van der Waals surface area contributed by atoms with Crippen LogP contribution in [0, 0.1) is 0 Å². The van der Waals surface area contributed by atoms with Gasteiger partial charge in [-0.25, -0.2) is 0 Å². The van der Waals surface area contributed by atoms with Gasteiger partial charge >= 0.3 is 0 Å². The molecule has 2 aromatic carbocycles. The summed E-state index contributed by atoms with van der Waals surface area (Å²) < 4.78 is 0. The van der Waals surface area contributed by atoms with Crippen LogP contribution in [0.2, 0.25) is 0 Å². The van der Waals surface area contributed by atoms with Crippen molar-refractivity contribution >= 4 is 0 Å². The third-order valence-electron chi connectivity index (χ3n) is 6.35. The lowest BCUT2D eigenvalue weighted by Crippen LogP contribution is -2.26. The number of allylic oxidation sites excluding steroid dienone is 8. The molecule has 0 fully saturated rings. The van der Waals surface area contributed by atoms with E-state index < -0.39 is 0 Å². The second kappa shape index (κ2) is 21.7. The Bertz CT molecular complexity index is 977. The van der Waals surface area contributed by atoms with Crippen LogP contribution < -0.4 is 0 Å². The summed E-state index contributed by atoms with van der Waals surface area (Å²) in [6.45, 7) is 24.3. The Morgan fingerprint density at radius 1 is 0.872 bits per heavy atom. The molecule has 1 aliphatic carbocycles. The monoisotopic (exact) mass is 523 g/mol. The van der Waals surface area contributed by atoms with Crippen molar-refractivity contribution in [3.63, 3.8) is 0 Å². The zero-order valence-electron chi connectivity index (χ0n) is 25.2. The third kappa shape index (κ3) is 16.4. The molecule has 0 spiro atoms. The Morgan fingerprint density at radius 2 is 1.44 bits per heavy atom. The Labute approximate surface area is 241 Å². The summed E-state index contributed by atoms with van der Waals surface area (Å²) in [5.41, 5.74) is 6.34. The molecule has 3 rings (SSSR count). The lowest BCUT2D eigenvalue weighted by Gasteiger charge is -2.19. The van der Waals surface area contributed by atoms with Crippen LogP contribution in [0.25, 0.3) is 0 Å². The van der Waals surface area contributed by atoms with Crippen molar-refractivity contribution < 1.29 is 0 Å². The Kier molecular flexibility index (Phi) is 18.9. The van der Waals surface area contributed by atoms with Crippen molar-refractivity contribution in [3.8, 4) is 0 Å². The maximum absolute atomic E-state index is 4.05. The summed E-state index contributed by atoms with van der Waals surface area (Å²) in [5, 5.41) is 0. The lowest BCUT2D eigenvalue weighted by molar-refractivity contribution is 0.280. The Morgan fingerprint density at radius 3 is 1.92 bits per heavy atom. The summed E-state index contributed by atoms with van der Waals surface area (Å²) in [4.78, 5) is 2.54. The molecule has 1 nitrogen and oxygen atoms in total. The van der Waals surface area contributed by atoms with Crippen LogP contribution in [-0.4, -0.2) is 24.5 Å². The molecule has 0 aromatic heterocycles. The van der Waals surface area contributed by atoms with Crippen LogP contribution in [0.4, 0.5) is 0 Å². The normalized spacial score (nSPS) is 14.6. The van der Waals surface area contributed by atoms with Gasteiger partial charge in [0.25, 0.3) is 0 Å². The minimum Gasteiger partial charge on any atom is -0.303 e. The smallest absolute Gasteiger partial charge is 0.0126 e. The fourth-order valence-corrected chi connectivity index (χ4v) is 4.50. The standard InChI is InChI=1S/C17H18.C11H23N.C10H12/c1-14(2)13-17(15-9-5-3-6-10-15)16-11-7-4-8-12-16;1-4-7-8-11-12(9-5-2)10-6-3;1-9-6-4-3-5-7-10(2)8-9/h3-12,17H,1,13H2,2H3;4,7H,5-6,8-11H2,1-3H3;3-6H,1-2,7-8H2/b;7-4-;5-3-,6-4-. The van der Waals surface area contributed by atoms with E-state index in [1.54, 1.807) is 0 Å². The highest BCUT2D eigenvalue weighted by molar-refractivity contribution is 5.33. The SMILES string of the molecule is C/C=C\CCN(CCC)CCC.C=C(C)CC(c1ccccc1)c1ccccc1.C=C1/C=C\C=C/CC(=C)C1. The molecule has 0 N–H and O–H groups in total. The predicted molar refractivity (Wildman–Crippen MR) is 176 cm³/mol. The zero-order valence-corrected chi connectivity index (χ0v) is 25.2. The molecule has 0 saturated carbocycles. The molecule has 0 heterocycles. The average Bonchev–Trinajstić information content (AvgIpc) is 2.92. The van der Waals surface area contributed by atoms with Gasteiger partial charge in [-0.15, -0.1) is 6.58 Å². The number of rotatable bonds is 11. The average molecular weight is 524 g/mol. The van der Waals surface area contributed by atoms with E-state index in [2.05, 4.69) is 131 Å². The maximum Gasteiger partial charge on any atom is 0.0126 e. The zero-order chi connectivity index (χ0) is 28.7. The molecular formula is C38H53N. The van der Waals surface area contributed by atoms with Crippen LogP contribution in [0.1, 0.15) is 83.3 Å². The van der Waals surface area contributed by atoms with E-state index in [9.17, 15) is 0 Å². The summed E-state index contributed by atoms with van der Waals surface area (Å²) in [6, 6.07) is 21.3. The molecule has 210 valence electrons. The van der Waals surface area contributed by atoms with Gasteiger partial charge in [0.1, 0.15) is 0 Å². The highest BCUT2D eigenvalue weighted by Crippen LogP contribution is 2.30. The molecule has 0 atom stereocenters. The largest absolute Gasteiger partial charge is 0.303 e. The van der Waals surface area contributed by atoms with E-state index in [0.717, 1.165) is 24.8 Å². The summed E-state index contributed by atoms with van der Waals surface area (Å²) in [5.74, 6) is 0.426. The minimum atomic E-state index is 0.426. The van der Waals surface area contributed by atoms with Gasteiger partial charge in [0.05, 0.1) is 0 Å². The van der Waals surface area contributed by atoms with E-state index in [0.29, 0.717) is 5.92 Å². The van der Waals surface area contributed by atoms with Crippen LogP contribution in [0.3, 0.4) is 0 Å². The number of hydrogen-bond donors (Lipinski definition) is 0. The van der Waals surface area contributed by atoms with E-state index in [-0.39, 0.29) is 0 Å². The first-order chi connectivity index (χ1) is 18.9. The Balaban J connectivity index is 0.000000306. The molecule has 2 aromatic rings. The van der Waals surface area contributed by atoms with Gasteiger partial charge in [0.15, 0.2) is 0 Å². The fourth-order valence-electron chi connectivity index (χ4n) is 4.50. The molecule has 0 unspecified atom stereocenters. The van der Waals surface area contributed by atoms with Crippen molar-refractivity contribution in [1.82, 2.24) is 4.90 Å². The van der Waals surface area contributed by atoms with Crippen LogP contribution >= 0.6 is 0 Å². The molecule has 0 aliphatic heterocycles. The van der Waals surface area contributed by atoms with Gasteiger partial charge in [-0.1, -0.05) is 141 Å². The minimum absolute atomic E-state index is 0.426. The number of benzene rings is 2. The third-order valence-corrected chi connectivity index (χ3v) is 6.35. The highest BCUT2D eigenvalue weighted by atomic mass is 15.1. The lowest BCUT2D eigenvalue weighted by atomic mass is 9.86. The second-order valence-corrected chi connectivity index (χ2v) is 10.3. The molecule has 0 radical (unpaired) electrons. The first-order valence-corrected chi connectivity index (χ1v) is 14.7. The molecule has 1 heteroatoms. The quantitative estimate of drug-likeness (QED) is 0.265. The van der Waals surface area contributed by atoms with Crippen molar-refractivity contribution in [2.24, 2.45) is 0 Å². The molecule has 0 bridgehead atoms. The van der Waals surface area contributed by atoms with E-state index in [1.807, 2.05) is 18.2 Å². The van der Waals surface area contributed by atoms with Gasteiger partial charge in [-0.3, -0.25) is 0 Å². The number of hydrogen-bond acceptors (Lipinski definition) is 1. The first-order valence-electron chi connectivity index (χ1n) is 14.7. The second-order valence-electron chi connectivity index (χ2n) is 10.3. The fraction of sp³-hybridized carbons (Fsp3) is 0.368. The molecule has 0 saturated heterocycles. The summed E-state index contributed by atoms with van der Waals surface area (Å²) >= 11 is 0. The van der Waals surface area contributed by atoms with E-state index in [1.165, 1.54) is 61.2 Å². The van der Waals surface area contributed by atoms with Gasteiger partial charge in [0, 0.05) is 12.5 Å². The molecule has 0 amide bonds. The van der Waals surface area contributed by atoms with Crippen molar-refractivity contribution in [3.05, 3.63) is 145 Å². The van der Waals surface area contributed by atoms with Crippen LogP contribution in [0.5, 0.6) is 0 Å². The molecule has 39 heavy (non-hydrogen) atoms. The Hall–Kier alpha value is -3.16. The number of nitrogens with zero attached hydrogens (tertiary/aromatic N) is 1. The topological polar surface area (TPSA) is 3.24 Å². The maximum atomic E-state index is 4.05. The van der Waals surface area contributed by atoms with E-state index >= 15 is 0 Å². The van der Waals surface area contributed by atoms with Gasteiger partial charge in [-0.05, 0) is 76.6 Å². The van der Waals surface area contributed by atoms with Gasteiger partial charge in [-0.2, -0.15) is 0 Å². The predicted octanol–water partition coefficient (Wildman–Crippen LogP) is 10.9. The summed E-state index contributed by atoms with van der Waals surface area (Å²) in [7, 11) is 0. The van der Waals surface area contributed by atoms with Gasteiger partial charge < -0.3 is 4.90 Å². The van der Waals surface area contributed by atoms with Crippen molar-refractivity contribution in [2.75, 3.05) is 19.6 Å². The van der Waals surface area contributed by atoms with Gasteiger partial charge in [0.2, 0.25) is 0 Å². The van der Waals surface area contributed by atoms with E-state index in [4.69, 9.17) is 0 Å². The van der Waals surface area contributed by atoms with Crippen LogP contribution in [-0.2, 0) is 0 Å². The van der Waals surface area contributed by atoms with Crippen molar-refractivity contribution in [2.45, 2.75) is 72.1 Å². The van der Waals surface area contributed by atoms with Crippen LogP contribution in [0.15, 0.2) is 134 Å². The summed E-state index contributed by atoms with van der Waals surface area (Å²) in [6.07, 6.45) is 19.3. The first kappa shape index (κ1) is 33.9. The van der Waals surface area contributed by atoms with Crippen molar-refractivity contribution in [1.29, 1.82) is 0 Å². The highest BCUT2D eigenvalue weighted by Gasteiger charge is 2.13.